The van der Waals surface area contributed by atoms with Crippen LogP contribution in [0.3, 0.4) is 0 Å². The van der Waals surface area contributed by atoms with E-state index in [0.717, 1.165) is 13.0 Å². The predicted octanol–water partition coefficient (Wildman–Crippen LogP) is 0.668. The Morgan fingerprint density at radius 2 is 2.13 bits per heavy atom. The van der Waals surface area contributed by atoms with Crippen LogP contribution in [0.15, 0.2) is 0 Å². The lowest BCUT2D eigenvalue weighted by Gasteiger charge is -2.21. The monoisotopic (exact) mass is 214 g/mol. The number of rotatable bonds is 3. The van der Waals surface area contributed by atoms with E-state index >= 15 is 0 Å². The highest BCUT2D eigenvalue weighted by molar-refractivity contribution is 5.78. The first-order valence-corrected chi connectivity index (χ1v) is 5.54. The third-order valence-corrected chi connectivity index (χ3v) is 2.50. The Hall–Kier alpha value is -0.610. The van der Waals surface area contributed by atoms with Crippen LogP contribution < -0.4 is 10.6 Å². The first-order valence-electron chi connectivity index (χ1n) is 5.54. The Bertz CT molecular complexity index is 223. The normalized spacial score (nSPS) is 26.7. The lowest BCUT2D eigenvalue weighted by Crippen LogP contribution is -2.47. The lowest BCUT2D eigenvalue weighted by atomic mass is 10.1. The van der Waals surface area contributed by atoms with E-state index in [1.165, 1.54) is 0 Å². The van der Waals surface area contributed by atoms with E-state index in [2.05, 4.69) is 10.6 Å². The zero-order valence-electron chi connectivity index (χ0n) is 10.1. The molecule has 0 aliphatic carbocycles. The highest BCUT2D eigenvalue weighted by atomic mass is 16.5. The van der Waals surface area contributed by atoms with Gasteiger partial charge >= 0.3 is 0 Å². The van der Waals surface area contributed by atoms with E-state index in [-0.39, 0.29) is 23.6 Å². The van der Waals surface area contributed by atoms with E-state index in [0.29, 0.717) is 6.54 Å². The molecule has 1 saturated heterocycles. The van der Waals surface area contributed by atoms with Crippen molar-refractivity contribution in [3.05, 3.63) is 0 Å². The van der Waals surface area contributed by atoms with Crippen molar-refractivity contribution >= 4 is 5.91 Å². The molecule has 0 bridgehead atoms. The SMILES string of the molecule is CC1OCCC1NC(=O)CNC(C)(C)C. The summed E-state index contributed by atoms with van der Waals surface area (Å²) < 4.78 is 5.38. The number of nitrogens with one attached hydrogen (secondary N) is 2. The van der Waals surface area contributed by atoms with Gasteiger partial charge in [-0.15, -0.1) is 0 Å². The summed E-state index contributed by atoms with van der Waals surface area (Å²) in [6, 6.07) is 0.180. The average molecular weight is 214 g/mol. The topological polar surface area (TPSA) is 50.4 Å². The summed E-state index contributed by atoms with van der Waals surface area (Å²) in [6.45, 7) is 9.24. The Morgan fingerprint density at radius 3 is 2.60 bits per heavy atom. The summed E-state index contributed by atoms with van der Waals surface area (Å²) in [4.78, 5) is 11.6. The molecule has 88 valence electrons. The average Bonchev–Trinajstić information content (AvgIpc) is 2.47. The van der Waals surface area contributed by atoms with E-state index in [1.54, 1.807) is 0 Å². The number of carbonyl (C=O) groups is 1. The summed E-state index contributed by atoms with van der Waals surface area (Å²) >= 11 is 0. The van der Waals surface area contributed by atoms with Crippen LogP contribution in [0.2, 0.25) is 0 Å². The van der Waals surface area contributed by atoms with Crippen LogP contribution >= 0.6 is 0 Å². The standard InChI is InChI=1S/C11H22N2O2/c1-8-9(5-6-15-8)13-10(14)7-12-11(2,3)4/h8-9,12H,5-7H2,1-4H3,(H,13,14). The number of hydrogen-bond donors (Lipinski definition) is 2. The summed E-state index contributed by atoms with van der Waals surface area (Å²) in [5, 5.41) is 6.13. The fourth-order valence-electron chi connectivity index (χ4n) is 1.52. The molecule has 0 radical (unpaired) electrons. The zero-order valence-corrected chi connectivity index (χ0v) is 10.1. The Morgan fingerprint density at radius 1 is 1.47 bits per heavy atom. The number of hydrogen-bond acceptors (Lipinski definition) is 3. The van der Waals surface area contributed by atoms with Crippen molar-refractivity contribution in [3.8, 4) is 0 Å². The van der Waals surface area contributed by atoms with Crippen molar-refractivity contribution in [2.75, 3.05) is 13.2 Å². The Kier molecular flexibility index (Phi) is 4.11. The molecule has 0 aromatic rings. The molecular formula is C11H22N2O2. The minimum absolute atomic E-state index is 0.0187. The molecule has 2 N–H and O–H groups in total. The van der Waals surface area contributed by atoms with Gasteiger partial charge in [0.25, 0.3) is 0 Å². The smallest absolute Gasteiger partial charge is 0.234 e. The van der Waals surface area contributed by atoms with Gasteiger partial charge < -0.3 is 15.4 Å². The molecule has 0 saturated carbocycles. The van der Waals surface area contributed by atoms with E-state index in [4.69, 9.17) is 4.74 Å². The predicted molar refractivity (Wildman–Crippen MR) is 59.7 cm³/mol. The summed E-state index contributed by atoms with van der Waals surface area (Å²) in [5.74, 6) is 0.0484. The molecule has 0 aromatic heterocycles. The molecule has 4 nitrogen and oxygen atoms in total. The highest BCUT2D eigenvalue weighted by Gasteiger charge is 2.25. The van der Waals surface area contributed by atoms with Crippen molar-refractivity contribution in [2.24, 2.45) is 0 Å². The molecule has 2 unspecified atom stereocenters. The second-order valence-electron chi connectivity index (χ2n) is 5.14. The van der Waals surface area contributed by atoms with E-state index in [1.807, 2.05) is 27.7 Å². The highest BCUT2D eigenvalue weighted by Crippen LogP contribution is 2.12. The van der Waals surface area contributed by atoms with Crippen LogP contribution in [-0.2, 0) is 9.53 Å². The van der Waals surface area contributed by atoms with Crippen molar-refractivity contribution in [2.45, 2.75) is 51.8 Å². The molecule has 1 fully saturated rings. The van der Waals surface area contributed by atoms with Crippen molar-refractivity contribution < 1.29 is 9.53 Å². The van der Waals surface area contributed by atoms with Gasteiger partial charge in [-0.1, -0.05) is 0 Å². The molecule has 15 heavy (non-hydrogen) atoms. The first-order chi connectivity index (χ1) is 6.88. The first kappa shape index (κ1) is 12.5. The van der Waals surface area contributed by atoms with Crippen LogP contribution in [-0.4, -0.2) is 36.7 Å². The van der Waals surface area contributed by atoms with Gasteiger partial charge in [-0.05, 0) is 34.1 Å². The minimum Gasteiger partial charge on any atom is -0.376 e. The molecule has 1 aliphatic rings. The van der Waals surface area contributed by atoms with E-state index < -0.39 is 0 Å². The maximum absolute atomic E-state index is 11.6. The van der Waals surface area contributed by atoms with Crippen LogP contribution in [0.5, 0.6) is 0 Å². The summed E-state index contributed by atoms with van der Waals surface area (Å²) in [7, 11) is 0. The molecule has 4 heteroatoms. The molecule has 1 heterocycles. The van der Waals surface area contributed by atoms with Crippen molar-refractivity contribution in [1.82, 2.24) is 10.6 Å². The molecule has 2 atom stereocenters. The van der Waals surface area contributed by atoms with Gasteiger partial charge in [0.2, 0.25) is 5.91 Å². The Labute approximate surface area is 91.8 Å². The number of carbonyl (C=O) groups excluding carboxylic acids is 1. The lowest BCUT2D eigenvalue weighted by molar-refractivity contribution is -0.121. The second-order valence-corrected chi connectivity index (χ2v) is 5.14. The van der Waals surface area contributed by atoms with Crippen LogP contribution in [0.25, 0.3) is 0 Å². The maximum Gasteiger partial charge on any atom is 0.234 e. The molecule has 0 aromatic carbocycles. The second kappa shape index (κ2) is 4.94. The van der Waals surface area contributed by atoms with Crippen LogP contribution in [0, 0.1) is 0 Å². The van der Waals surface area contributed by atoms with Gasteiger partial charge in [-0.2, -0.15) is 0 Å². The molecule has 1 amide bonds. The van der Waals surface area contributed by atoms with Crippen molar-refractivity contribution in [1.29, 1.82) is 0 Å². The van der Waals surface area contributed by atoms with Gasteiger partial charge in [0.15, 0.2) is 0 Å². The summed E-state index contributed by atoms with van der Waals surface area (Å²) in [5.41, 5.74) is -0.0187. The third-order valence-electron chi connectivity index (χ3n) is 2.50. The fraction of sp³-hybridized carbons (Fsp3) is 0.909. The van der Waals surface area contributed by atoms with Crippen molar-refractivity contribution in [3.63, 3.8) is 0 Å². The molecule has 1 rings (SSSR count). The van der Waals surface area contributed by atoms with Crippen LogP contribution in [0.1, 0.15) is 34.1 Å². The van der Waals surface area contributed by atoms with Gasteiger partial charge in [0.05, 0.1) is 18.7 Å². The number of ether oxygens (including phenoxy) is 1. The maximum atomic E-state index is 11.6. The van der Waals surface area contributed by atoms with Gasteiger partial charge in [0.1, 0.15) is 0 Å². The quantitative estimate of drug-likeness (QED) is 0.726. The minimum atomic E-state index is -0.0187. The van der Waals surface area contributed by atoms with Gasteiger partial charge in [-0.25, -0.2) is 0 Å². The van der Waals surface area contributed by atoms with Crippen LogP contribution in [0.4, 0.5) is 0 Å². The van der Waals surface area contributed by atoms with Gasteiger partial charge in [-0.3, -0.25) is 4.79 Å². The zero-order chi connectivity index (χ0) is 11.5. The van der Waals surface area contributed by atoms with E-state index in [9.17, 15) is 4.79 Å². The third kappa shape index (κ3) is 4.62. The molecular weight excluding hydrogens is 192 g/mol. The number of amides is 1. The molecule has 0 spiro atoms. The summed E-state index contributed by atoms with van der Waals surface area (Å²) in [6.07, 6.45) is 1.06. The van der Waals surface area contributed by atoms with Gasteiger partial charge in [0, 0.05) is 12.1 Å². The molecule has 1 aliphatic heterocycles. The Balaban J connectivity index is 2.24. The largest absolute Gasteiger partial charge is 0.376 e. The fourth-order valence-corrected chi connectivity index (χ4v) is 1.52.